The Morgan fingerprint density at radius 1 is 1.42 bits per heavy atom. The molecule has 1 aromatic carbocycles. The zero-order chi connectivity index (χ0) is 13.7. The third-order valence-corrected chi connectivity index (χ3v) is 2.82. The van der Waals surface area contributed by atoms with Gasteiger partial charge in [0.05, 0.1) is 13.7 Å². The molecule has 19 heavy (non-hydrogen) atoms. The molecule has 1 aromatic heterocycles. The van der Waals surface area contributed by atoms with Gasteiger partial charge >= 0.3 is 5.97 Å². The molecule has 0 unspecified atom stereocenters. The molecular formula is C14H17NO4. The Kier molecular flexibility index (Phi) is 4.41. The Bertz CT molecular complexity index is 562. The van der Waals surface area contributed by atoms with Crippen molar-refractivity contribution in [2.45, 2.75) is 19.4 Å². The molecule has 0 radical (unpaired) electrons. The van der Waals surface area contributed by atoms with Crippen LogP contribution >= 0.6 is 0 Å². The molecule has 102 valence electrons. The van der Waals surface area contributed by atoms with E-state index in [0.717, 1.165) is 22.5 Å². The second-order valence-corrected chi connectivity index (χ2v) is 4.29. The molecule has 0 aliphatic heterocycles. The monoisotopic (exact) mass is 263 g/mol. The summed E-state index contributed by atoms with van der Waals surface area (Å²) in [6.45, 7) is 1.25. The summed E-state index contributed by atoms with van der Waals surface area (Å²) in [7, 11) is 1.63. The Morgan fingerprint density at radius 3 is 3.00 bits per heavy atom. The van der Waals surface area contributed by atoms with Crippen LogP contribution in [0.25, 0.3) is 11.0 Å². The van der Waals surface area contributed by atoms with Crippen molar-refractivity contribution in [2.24, 2.45) is 0 Å². The van der Waals surface area contributed by atoms with E-state index in [2.05, 4.69) is 5.32 Å². The smallest absolute Gasteiger partial charge is 0.303 e. The van der Waals surface area contributed by atoms with Gasteiger partial charge in [-0.3, -0.25) is 4.79 Å². The van der Waals surface area contributed by atoms with Crippen molar-refractivity contribution in [1.29, 1.82) is 0 Å². The Balaban J connectivity index is 1.89. The van der Waals surface area contributed by atoms with E-state index < -0.39 is 5.97 Å². The van der Waals surface area contributed by atoms with Crippen molar-refractivity contribution in [3.63, 3.8) is 0 Å². The number of carboxylic acid groups (broad SMARTS) is 1. The Labute approximate surface area is 111 Å². The van der Waals surface area contributed by atoms with Crippen molar-refractivity contribution < 1.29 is 19.1 Å². The molecule has 0 saturated carbocycles. The van der Waals surface area contributed by atoms with Gasteiger partial charge in [-0.15, -0.1) is 0 Å². The first-order valence-electron chi connectivity index (χ1n) is 6.18. The van der Waals surface area contributed by atoms with Gasteiger partial charge in [0, 0.05) is 11.8 Å². The van der Waals surface area contributed by atoms with Crippen molar-refractivity contribution in [2.75, 3.05) is 13.7 Å². The van der Waals surface area contributed by atoms with Crippen LogP contribution in [0.15, 0.2) is 28.7 Å². The normalized spacial score (nSPS) is 10.8. The van der Waals surface area contributed by atoms with E-state index in [4.69, 9.17) is 14.3 Å². The third-order valence-electron chi connectivity index (χ3n) is 2.82. The van der Waals surface area contributed by atoms with Gasteiger partial charge in [-0.25, -0.2) is 0 Å². The SMILES string of the molecule is COc1ccc2oc(CNCCCC(=O)O)cc2c1. The molecule has 2 N–H and O–H groups in total. The molecule has 0 amide bonds. The van der Waals surface area contributed by atoms with Crippen molar-refractivity contribution in [3.05, 3.63) is 30.0 Å². The van der Waals surface area contributed by atoms with Crippen LogP contribution in [0.2, 0.25) is 0 Å². The van der Waals surface area contributed by atoms with Crippen molar-refractivity contribution >= 4 is 16.9 Å². The number of fused-ring (bicyclic) bond motifs is 1. The molecule has 0 aliphatic carbocycles. The van der Waals surface area contributed by atoms with Crippen molar-refractivity contribution in [1.82, 2.24) is 5.32 Å². The Hall–Kier alpha value is -2.01. The summed E-state index contributed by atoms with van der Waals surface area (Å²) < 4.78 is 10.8. The molecule has 0 saturated heterocycles. The summed E-state index contributed by atoms with van der Waals surface area (Å²) in [5.74, 6) is 0.866. The number of methoxy groups -OCH3 is 1. The Morgan fingerprint density at radius 2 is 2.26 bits per heavy atom. The van der Waals surface area contributed by atoms with Gasteiger partial charge in [0.1, 0.15) is 17.1 Å². The summed E-state index contributed by atoms with van der Waals surface area (Å²) in [6.07, 6.45) is 0.799. The summed E-state index contributed by atoms with van der Waals surface area (Å²) >= 11 is 0. The van der Waals surface area contributed by atoms with E-state index in [9.17, 15) is 4.79 Å². The van der Waals surface area contributed by atoms with Crippen LogP contribution in [0.4, 0.5) is 0 Å². The minimum absolute atomic E-state index is 0.185. The maximum atomic E-state index is 10.4. The predicted molar refractivity (Wildman–Crippen MR) is 71.3 cm³/mol. The highest BCUT2D eigenvalue weighted by Gasteiger charge is 2.04. The summed E-state index contributed by atoms with van der Waals surface area (Å²) in [5, 5.41) is 12.7. The van der Waals surface area contributed by atoms with Crippen LogP contribution in [0, 0.1) is 0 Å². The largest absolute Gasteiger partial charge is 0.497 e. The number of hydrogen-bond acceptors (Lipinski definition) is 4. The fourth-order valence-electron chi connectivity index (χ4n) is 1.87. The maximum Gasteiger partial charge on any atom is 0.303 e. The molecule has 5 heteroatoms. The van der Waals surface area contributed by atoms with Gasteiger partial charge in [0.15, 0.2) is 0 Å². The standard InChI is InChI=1S/C14H17NO4/c1-18-11-4-5-13-10(7-11)8-12(19-13)9-15-6-2-3-14(16)17/h4-5,7-8,15H,2-3,6,9H2,1H3,(H,16,17). The van der Waals surface area contributed by atoms with Gasteiger partial charge in [-0.1, -0.05) is 0 Å². The lowest BCUT2D eigenvalue weighted by Gasteiger charge is -2.00. The van der Waals surface area contributed by atoms with Crippen LogP contribution in [-0.2, 0) is 11.3 Å². The number of hydrogen-bond donors (Lipinski definition) is 2. The predicted octanol–water partition coefficient (Wildman–Crippen LogP) is 2.40. The zero-order valence-electron chi connectivity index (χ0n) is 10.8. The molecule has 2 rings (SSSR count). The molecule has 1 heterocycles. The number of ether oxygens (including phenoxy) is 1. The van der Waals surface area contributed by atoms with E-state index >= 15 is 0 Å². The quantitative estimate of drug-likeness (QED) is 0.750. The molecule has 5 nitrogen and oxygen atoms in total. The minimum Gasteiger partial charge on any atom is -0.497 e. The first-order chi connectivity index (χ1) is 9.19. The average molecular weight is 263 g/mol. The number of nitrogens with one attached hydrogen (secondary N) is 1. The minimum atomic E-state index is -0.766. The van der Waals surface area contributed by atoms with Crippen molar-refractivity contribution in [3.8, 4) is 5.75 Å². The van der Waals surface area contributed by atoms with E-state index in [1.54, 1.807) is 7.11 Å². The molecule has 0 fully saturated rings. The van der Waals surface area contributed by atoms with Crippen LogP contribution in [0.5, 0.6) is 5.75 Å². The molecule has 0 atom stereocenters. The lowest BCUT2D eigenvalue weighted by molar-refractivity contribution is -0.137. The fraction of sp³-hybridized carbons (Fsp3) is 0.357. The van der Waals surface area contributed by atoms with Gasteiger partial charge in [0.2, 0.25) is 0 Å². The summed E-state index contributed by atoms with van der Waals surface area (Å²) in [5.41, 5.74) is 0.822. The lowest BCUT2D eigenvalue weighted by atomic mass is 10.2. The highest BCUT2D eigenvalue weighted by atomic mass is 16.5. The van der Waals surface area contributed by atoms with Gasteiger partial charge in [-0.05, 0) is 37.2 Å². The summed E-state index contributed by atoms with van der Waals surface area (Å²) in [6, 6.07) is 7.62. The van der Waals surface area contributed by atoms with E-state index in [1.165, 1.54) is 0 Å². The van der Waals surface area contributed by atoms with E-state index in [-0.39, 0.29) is 6.42 Å². The van der Waals surface area contributed by atoms with Crippen LogP contribution < -0.4 is 10.1 Å². The van der Waals surface area contributed by atoms with Gasteiger partial charge in [-0.2, -0.15) is 0 Å². The number of aliphatic carboxylic acids is 1. The topological polar surface area (TPSA) is 71.7 Å². The van der Waals surface area contributed by atoms with Crippen LogP contribution in [-0.4, -0.2) is 24.7 Å². The molecule has 2 aromatic rings. The fourth-order valence-corrected chi connectivity index (χ4v) is 1.87. The number of carbonyl (C=O) groups is 1. The van der Waals surface area contributed by atoms with Gasteiger partial charge < -0.3 is 19.6 Å². The molecular weight excluding hydrogens is 246 g/mol. The van der Waals surface area contributed by atoms with Gasteiger partial charge in [0.25, 0.3) is 0 Å². The number of carboxylic acids is 1. The van der Waals surface area contributed by atoms with E-state index in [0.29, 0.717) is 19.5 Å². The summed E-state index contributed by atoms with van der Waals surface area (Å²) in [4.78, 5) is 10.4. The second kappa shape index (κ2) is 6.24. The van der Waals surface area contributed by atoms with Crippen LogP contribution in [0.1, 0.15) is 18.6 Å². The lowest BCUT2D eigenvalue weighted by Crippen LogP contribution is -2.15. The van der Waals surface area contributed by atoms with Crippen LogP contribution in [0.3, 0.4) is 0 Å². The highest BCUT2D eigenvalue weighted by molar-refractivity contribution is 5.79. The maximum absolute atomic E-state index is 10.4. The number of benzene rings is 1. The zero-order valence-corrected chi connectivity index (χ0v) is 10.8. The first kappa shape index (κ1) is 13.4. The van der Waals surface area contributed by atoms with E-state index in [1.807, 2.05) is 24.3 Å². The third kappa shape index (κ3) is 3.72. The molecule has 0 spiro atoms. The first-order valence-corrected chi connectivity index (χ1v) is 6.18. The molecule has 0 aliphatic rings. The average Bonchev–Trinajstić information content (AvgIpc) is 2.79. The highest BCUT2D eigenvalue weighted by Crippen LogP contribution is 2.23. The second-order valence-electron chi connectivity index (χ2n) is 4.29. The number of rotatable bonds is 7. The number of furan rings is 1. The molecule has 0 bridgehead atoms.